The Kier molecular flexibility index (Phi) is 5.77. The molecule has 1 fully saturated rings. The molecule has 0 aliphatic carbocycles. The smallest absolute Gasteiger partial charge is 0.237 e. The van der Waals surface area contributed by atoms with Crippen LogP contribution in [-0.2, 0) is 4.79 Å². The van der Waals surface area contributed by atoms with E-state index in [1.807, 2.05) is 6.92 Å². The second kappa shape index (κ2) is 6.68. The number of hydrogen-bond acceptors (Lipinski definition) is 4. The van der Waals surface area contributed by atoms with Crippen molar-refractivity contribution in [3.63, 3.8) is 0 Å². The van der Waals surface area contributed by atoms with Gasteiger partial charge in [0.15, 0.2) is 0 Å². The number of nitrogens with zero attached hydrogens (tertiary/aromatic N) is 2. The average molecular weight is 270 g/mol. The number of primary amides is 1. The molecule has 1 amide bonds. The first-order valence-electron chi connectivity index (χ1n) is 7.17. The fourth-order valence-electron chi connectivity index (χ4n) is 2.93. The van der Waals surface area contributed by atoms with Gasteiger partial charge in [0.05, 0.1) is 5.54 Å². The summed E-state index contributed by atoms with van der Waals surface area (Å²) < 4.78 is 0. The van der Waals surface area contributed by atoms with Crippen LogP contribution in [0.15, 0.2) is 0 Å². The second-order valence-electron chi connectivity index (χ2n) is 6.32. The van der Waals surface area contributed by atoms with Gasteiger partial charge in [-0.15, -0.1) is 0 Å². The van der Waals surface area contributed by atoms with Gasteiger partial charge in [-0.3, -0.25) is 4.79 Å². The SMILES string of the molecule is CNC(C)(CCCN1CC(C)C(N(C)C)C1)C(N)=O. The Balaban J connectivity index is 2.37. The minimum absolute atomic E-state index is 0.268. The van der Waals surface area contributed by atoms with E-state index in [1.54, 1.807) is 7.05 Å². The third-order valence-electron chi connectivity index (χ3n) is 4.56. The molecule has 1 aliphatic rings. The first kappa shape index (κ1) is 16.4. The molecule has 0 aromatic rings. The van der Waals surface area contributed by atoms with E-state index in [1.165, 1.54) is 0 Å². The van der Waals surface area contributed by atoms with E-state index in [4.69, 9.17) is 5.73 Å². The molecule has 1 aliphatic heterocycles. The van der Waals surface area contributed by atoms with Gasteiger partial charge in [-0.1, -0.05) is 6.92 Å². The number of likely N-dealkylation sites (tertiary alicyclic amines) is 1. The van der Waals surface area contributed by atoms with E-state index in [-0.39, 0.29) is 5.91 Å². The van der Waals surface area contributed by atoms with Crippen LogP contribution in [0.5, 0.6) is 0 Å². The first-order chi connectivity index (χ1) is 8.80. The summed E-state index contributed by atoms with van der Waals surface area (Å²) in [6.45, 7) is 7.51. The number of amides is 1. The predicted molar refractivity (Wildman–Crippen MR) is 79.0 cm³/mol. The largest absolute Gasteiger partial charge is 0.368 e. The summed E-state index contributed by atoms with van der Waals surface area (Å²) in [4.78, 5) is 16.2. The van der Waals surface area contributed by atoms with E-state index in [2.05, 4.69) is 36.1 Å². The van der Waals surface area contributed by atoms with Gasteiger partial charge in [0.2, 0.25) is 5.91 Å². The highest BCUT2D eigenvalue weighted by molar-refractivity contribution is 5.84. The van der Waals surface area contributed by atoms with Crippen LogP contribution in [0.2, 0.25) is 0 Å². The predicted octanol–water partition coefficient (Wildman–Crippen LogP) is 0.112. The van der Waals surface area contributed by atoms with Crippen LogP contribution in [0.1, 0.15) is 26.7 Å². The van der Waals surface area contributed by atoms with Crippen LogP contribution in [-0.4, -0.2) is 68.1 Å². The van der Waals surface area contributed by atoms with E-state index >= 15 is 0 Å². The van der Waals surface area contributed by atoms with Crippen LogP contribution in [0.3, 0.4) is 0 Å². The zero-order valence-electron chi connectivity index (χ0n) is 13.1. The van der Waals surface area contributed by atoms with Gasteiger partial charge >= 0.3 is 0 Å². The molecule has 19 heavy (non-hydrogen) atoms. The number of nitrogens with one attached hydrogen (secondary N) is 1. The number of carbonyl (C=O) groups excluding carboxylic acids is 1. The minimum atomic E-state index is -0.577. The summed E-state index contributed by atoms with van der Waals surface area (Å²) in [5.41, 5.74) is 4.86. The fourth-order valence-corrected chi connectivity index (χ4v) is 2.93. The normalized spacial score (nSPS) is 27.7. The van der Waals surface area contributed by atoms with Crippen LogP contribution >= 0.6 is 0 Å². The maximum Gasteiger partial charge on any atom is 0.237 e. The van der Waals surface area contributed by atoms with Crippen molar-refractivity contribution >= 4 is 5.91 Å². The molecular weight excluding hydrogens is 240 g/mol. The molecule has 3 unspecified atom stereocenters. The number of carbonyl (C=O) groups is 1. The Morgan fingerprint density at radius 2 is 2.11 bits per heavy atom. The molecule has 3 N–H and O–H groups in total. The molecule has 0 saturated carbocycles. The van der Waals surface area contributed by atoms with E-state index in [0.29, 0.717) is 12.0 Å². The molecule has 0 aromatic carbocycles. The van der Waals surface area contributed by atoms with Crippen LogP contribution in [0.4, 0.5) is 0 Å². The highest BCUT2D eigenvalue weighted by Crippen LogP contribution is 2.21. The molecule has 0 radical (unpaired) electrons. The first-order valence-corrected chi connectivity index (χ1v) is 7.17. The van der Waals surface area contributed by atoms with E-state index in [9.17, 15) is 4.79 Å². The van der Waals surface area contributed by atoms with Crippen molar-refractivity contribution in [3.8, 4) is 0 Å². The zero-order chi connectivity index (χ0) is 14.6. The summed E-state index contributed by atoms with van der Waals surface area (Å²) in [7, 11) is 6.09. The maximum absolute atomic E-state index is 11.4. The minimum Gasteiger partial charge on any atom is -0.368 e. The maximum atomic E-state index is 11.4. The lowest BCUT2D eigenvalue weighted by Gasteiger charge is -2.26. The average Bonchev–Trinajstić information content (AvgIpc) is 2.70. The molecule has 3 atom stereocenters. The van der Waals surface area contributed by atoms with Gasteiger partial charge in [0.25, 0.3) is 0 Å². The van der Waals surface area contributed by atoms with Crippen molar-refractivity contribution < 1.29 is 4.79 Å². The van der Waals surface area contributed by atoms with E-state index < -0.39 is 5.54 Å². The number of nitrogens with two attached hydrogens (primary N) is 1. The molecule has 5 heteroatoms. The summed E-state index contributed by atoms with van der Waals surface area (Å²) in [5, 5.41) is 3.04. The molecule has 0 aromatic heterocycles. The second-order valence-corrected chi connectivity index (χ2v) is 6.32. The fraction of sp³-hybridized carbons (Fsp3) is 0.929. The standard InChI is InChI=1S/C14H30N4O/c1-11-9-18(10-12(11)17(4)5)8-6-7-14(2,16-3)13(15)19/h11-12,16H,6-10H2,1-5H3,(H2,15,19). The lowest BCUT2D eigenvalue weighted by molar-refractivity contribution is -0.123. The Morgan fingerprint density at radius 1 is 1.47 bits per heavy atom. The number of likely N-dealkylation sites (N-methyl/N-ethyl adjacent to an activating group) is 2. The summed E-state index contributed by atoms with van der Waals surface area (Å²) in [5.74, 6) is 0.442. The van der Waals surface area contributed by atoms with Crippen molar-refractivity contribution in [2.24, 2.45) is 11.7 Å². The van der Waals surface area contributed by atoms with Gasteiger partial charge in [-0.25, -0.2) is 0 Å². The highest BCUT2D eigenvalue weighted by Gasteiger charge is 2.32. The molecule has 112 valence electrons. The van der Waals surface area contributed by atoms with Gasteiger partial charge in [0.1, 0.15) is 0 Å². The van der Waals surface area contributed by atoms with Gasteiger partial charge in [0, 0.05) is 19.1 Å². The molecule has 1 saturated heterocycles. The van der Waals surface area contributed by atoms with Crippen LogP contribution in [0, 0.1) is 5.92 Å². The molecule has 1 heterocycles. The van der Waals surface area contributed by atoms with Gasteiger partial charge in [-0.05, 0) is 53.4 Å². The monoisotopic (exact) mass is 270 g/mol. The summed E-state index contributed by atoms with van der Waals surface area (Å²) in [6.07, 6.45) is 1.78. The van der Waals surface area contributed by atoms with Crippen molar-refractivity contribution in [1.29, 1.82) is 0 Å². The van der Waals surface area contributed by atoms with Crippen LogP contribution < -0.4 is 11.1 Å². The summed E-state index contributed by atoms with van der Waals surface area (Å²) in [6, 6.07) is 0.645. The highest BCUT2D eigenvalue weighted by atomic mass is 16.1. The molecule has 5 nitrogen and oxygen atoms in total. The Morgan fingerprint density at radius 3 is 2.53 bits per heavy atom. The lowest BCUT2D eigenvalue weighted by atomic mass is 9.95. The Labute approximate surface area is 117 Å². The number of hydrogen-bond donors (Lipinski definition) is 2. The number of rotatable bonds is 7. The molecule has 0 spiro atoms. The Bertz CT molecular complexity index is 308. The quantitative estimate of drug-likeness (QED) is 0.689. The lowest BCUT2D eigenvalue weighted by Crippen LogP contribution is -2.51. The van der Waals surface area contributed by atoms with Crippen molar-refractivity contribution in [2.45, 2.75) is 38.3 Å². The Hall–Kier alpha value is -0.650. The van der Waals surface area contributed by atoms with E-state index in [0.717, 1.165) is 32.5 Å². The third kappa shape index (κ3) is 4.16. The molecule has 0 bridgehead atoms. The van der Waals surface area contributed by atoms with Crippen molar-refractivity contribution in [3.05, 3.63) is 0 Å². The summed E-state index contributed by atoms with van der Waals surface area (Å²) >= 11 is 0. The van der Waals surface area contributed by atoms with Crippen LogP contribution in [0.25, 0.3) is 0 Å². The van der Waals surface area contributed by atoms with Crippen molar-refractivity contribution in [1.82, 2.24) is 15.1 Å². The molecule has 1 rings (SSSR count). The molecular formula is C14H30N4O. The van der Waals surface area contributed by atoms with Gasteiger partial charge < -0.3 is 20.9 Å². The van der Waals surface area contributed by atoms with Crippen molar-refractivity contribution in [2.75, 3.05) is 40.8 Å². The third-order valence-corrected chi connectivity index (χ3v) is 4.56. The topological polar surface area (TPSA) is 61.6 Å². The zero-order valence-corrected chi connectivity index (χ0v) is 13.1. The van der Waals surface area contributed by atoms with Gasteiger partial charge in [-0.2, -0.15) is 0 Å².